The minimum absolute atomic E-state index is 0.342. The maximum absolute atomic E-state index is 14.4. The summed E-state index contributed by atoms with van der Waals surface area (Å²) < 4.78 is 39.8. The molecule has 1 aliphatic carbocycles. The van der Waals surface area contributed by atoms with Crippen LogP contribution < -0.4 is 4.74 Å². The molecule has 0 saturated heterocycles. The lowest BCUT2D eigenvalue weighted by atomic mass is 10.0. The van der Waals surface area contributed by atoms with Gasteiger partial charge in [-0.25, -0.2) is 13.8 Å². The average Bonchev–Trinajstić information content (AvgIpc) is 3.42. The monoisotopic (exact) mass is 378 g/mol. The SMILES string of the molecule is N#Cc1c(F)cc2c(c1F)CC[C@H]2Oc1ccc2[nH]nc(-c3cnco3)c2c1. The number of fused-ring (bicyclic) bond motifs is 2. The second kappa shape index (κ2) is 6.16. The van der Waals surface area contributed by atoms with Crippen LogP contribution in [0.15, 0.2) is 41.3 Å². The number of ether oxygens (including phenoxy) is 1. The van der Waals surface area contributed by atoms with Gasteiger partial charge in [-0.15, -0.1) is 0 Å². The molecule has 0 bridgehead atoms. The molecule has 0 fully saturated rings. The van der Waals surface area contributed by atoms with Crippen molar-refractivity contribution in [2.45, 2.75) is 18.9 Å². The van der Waals surface area contributed by atoms with Gasteiger partial charge in [-0.05, 0) is 42.7 Å². The number of H-pyrrole nitrogens is 1. The van der Waals surface area contributed by atoms with E-state index in [4.69, 9.17) is 14.4 Å². The first-order chi connectivity index (χ1) is 13.7. The predicted molar refractivity (Wildman–Crippen MR) is 94.4 cm³/mol. The molecule has 0 spiro atoms. The van der Waals surface area contributed by atoms with Crippen molar-refractivity contribution in [3.63, 3.8) is 0 Å². The molecule has 4 aromatic rings. The Kier molecular flexibility index (Phi) is 3.62. The lowest BCUT2D eigenvalue weighted by Gasteiger charge is -2.15. The number of hydrogen-bond donors (Lipinski definition) is 1. The molecule has 2 aromatic carbocycles. The van der Waals surface area contributed by atoms with Crippen molar-refractivity contribution >= 4 is 10.9 Å². The van der Waals surface area contributed by atoms with Crippen molar-refractivity contribution in [2.75, 3.05) is 0 Å². The number of oxazole rings is 1. The Morgan fingerprint density at radius 2 is 2.18 bits per heavy atom. The van der Waals surface area contributed by atoms with E-state index in [0.29, 0.717) is 41.2 Å². The molecular formula is C20H12F2N4O2. The molecule has 8 heteroatoms. The van der Waals surface area contributed by atoms with Crippen LogP contribution in [0.3, 0.4) is 0 Å². The molecule has 2 aromatic heterocycles. The normalized spacial score (nSPS) is 15.5. The third-order valence-corrected chi connectivity index (χ3v) is 4.95. The summed E-state index contributed by atoms with van der Waals surface area (Å²) >= 11 is 0. The maximum Gasteiger partial charge on any atom is 0.181 e. The van der Waals surface area contributed by atoms with E-state index in [2.05, 4.69) is 15.2 Å². The van der Waals surface area contributed by atoms with Gasteiger partial charge >= 0.3 is 0 Å². The first-order valence-corrected chi connectivity index (χ1v) is 8.60. The number of rotatable bonds is 3. The minimum atomic E-state index is -0.868. The van der Waals surface area contributed by atoms with Crippen LogP contribution in [0.25, 0.3) is 22.4 Å². The van der Waals surface area contributed by atoms with E-state index < -0.39 is 23.3 Å². The topological polar surface area (TPSA) is 87.7 Å². The smallest absolute Gasteiger partial charge is 0.181 e. The highest BCUT2D eigenvalue weighted by molar-refractivity contribution is 5.92. The summed E-state index contributed by atoms with van der Waals surface area (Å²) in [6.07, 6.45) is 3.28. The van der Waals surface area contributed by atoms with Gasteiger partial charge in [0.05, 0.1) is 11.7 Å². The number of aromatic amines is 1. The largest absolute Gasteiger partial charge is 0.486 e. The van der Waals surface area contributed by atoms with Gasteiger partial charge in [-0.3, -0.25) is 5.10 Å². The third kappa shape index (κ3) is 2.44. The number of benzene rings is 2. The van der Waals surface area contributed by atoms with Gasteiger partial charge in [0.2, 0.25) is 0 Å². The van der Waals surface area contributed by atoms with Crippen molar-refractivity contribution in [1.29, 1.82) is 5.26 Å². The fourth-order valence-electron chi connectivity index (χ4n) is 3.63. The van der Waals surface area contributed by atoms with Crippen LogP contribution in [0.1, 0.15) is 29.2 Å². The summed E-state index contributed by atoms with van der Waals surface area (Å²) in [5, 5.41) is 16.9. The molecular weight excluding hydrogens is 366 g/mol. The first-order valence-electron chi connectivity index (χ1n) is 8.60. The summed E-state index contributed by atoms with van der Waals surface area (Å²) in [6.45, 7) is 0. The van der Waals surface area contributed by atoms with Crippen LogP contribution in [0.5, 0.6) is 5.75 Å². The predicted octanol–water partition coefficient (Wildman–Crippen LogP) is 4.43. The molecule has 28 heavy (non-hydrogen) atoms. The van der Waals surface area contributed by atoms with Crippen molar-refractivity contribution in [3.05, 3.63) is 65.2 Å². The zero-order valence-corrected chi connectivity index (χ0v) is 14.4. The van der Waals surface area contributed by atoms with Crippen molar-refractivity contribution in [1.82, 2.24) is 15.2 Å². The summed E-state index contributed by atoms with van der Waals surface area (Å²) in [7, 11) is 0. The highest BCUT2D eigenvalue weighted by Gasteiger charge is 2.30. The second-order valence-corrected chi connectivity index (χ2v) is 6.52. The van der Waals surface area contributed by atoms with Gasteiger partial charge in [0, 0.05) is 10.9 Å². The lowest BCUT2D eigenvalue weighted by molar-refractivity contribution is 0.207. The van der Waals surface area contributed by atoms with E-state index in [1.807, 2.05) is 6.07 Å². The van der Waals surface area contributed by atoms with Gasteiger partial charge in [0.15, 0.2) is 12.2 Å². The molecule has 1 N–H and O–H groups in total. The summed E-state index contributed by atoms with van der Waals surface area (Å²) in [5.74, 6) is -0.603. The molecule has 0 saturated carbocycles. The van der Waals surface area contributed by atoms with Crippen LogP contribution >= 0.6 is 0 Å². The van der Waals surface area contributed by atoms with Crippen molar-refractivity contribution in [3.8, 4) is 23.3 Å². The maximum atomic E-state index is 14.4. The molecule has 0 amide bonds. The number of nitrogens with one attached hydrogen (secondary N) is 1. The molecule has 138 valence electrons. The van der Waals surface area contributed by atoms with Gasteiger partial charge in [-0.2, -0.15) is 10.4 Å². The highest BCUT2D eigenvalue weighted by atomic mass is 19.1. The summed E-state index contributed by atoms with van der Waals surface area (Å²) in [6, 6.07) is 8.15. The third-order valence-electron chi connectivity index (χ3n) is 4.95. The lowest BCUT2D eigenvalue weighted by Crippen LogP contribution is -2.05. The Hall–Kier alpha value is -3.73. The quantitative estimate of drug-likeness (QED) is 0.570. The second-order valence-electron chi connectivity index (χ2n) is 6.52. The Balaban J connectivity index is 1.51. The van der Waals surface area contributed by atoms with E-state index in [1.165, 1.54) is 12.5 Å². The van der Waals surface area contributed by atoms with Crippen LogP contribution in [0.2, 0.25) is 0 Å². The number of halogens is 2. The zero-order valence-electron chi connectivity index (χ0n) is 14.4. The van der Waals surface area contributed by atoms with Crippen molar-refractivity contribution < 1.29 is 17.9 Å². The molecule has 0 unspecified atom stereocenters. The van der Waals surface area contributed by atoms with E-state index in [-0.39, 0.29) is 0 Å². The fraction of sp³-hybridized carbons (Fsp3) is 0.150. The van der Waals surface area contributed by atoms with Crippen molar-refractivity contribution in [2.24, 2.45) is 0 Å². The summed E-state index contributed by atoms with van der Waals surface area (Å²) in [5.41, 5.74) is 1.63. The molecule has 5 rings (SSSR count). The Bertz CT molecular complexity index is 1240. The molecule has 0 aliphatic heterocycles. The highest BCUT2D eigenvalue weighted by Crippen LogP contribution is 2.39. The molecule has 1 atom stereocenters. The van der Waals surface area contributed by atoms with E-state index in [9.17, 15) is 8.78 Å². The number of nitriles is 1. The van der Waals surface area contributed by atoms with Gasteiger partial charge in [0.25, 0.3) is 0 Å². The van der Waals surface area contributed by atoms with Crippen LogP contribution in [0.4, 0.5) is 8.78 Å². The molecule has 0 radical (unpaired) electrons. The first kappa shape index (κ1) is 16.4. The van der Waals surface area contributed by atoms with Gasteiger partial charge in [-0.1, -0.05) is 0 Å². The van der Waals surface area contributed by atoms with Crippen LogP contribution in [-0.4, -0.2) is 15.2 Å². The zero-order chi connectivity index (χ0) is 19.3. The standard InChI is InChI=1S/C20H12F2N4O2/c21-15-6-12-11(19(22)14(15)7-23)2-4-17(12)28-10-1-3-16-13(5-10)20(26-25-16)18-8-24-9-27-18/h1,3,5-6,8-9,17H,2,4H2,(H,25,26)/t17-/m1/s1. The van der Waals surface area contributed by atoms with E-state index >= 15 is 0 Å². The minimum Gasteiger partial charge on any atom is -0.486 e. The summed E-state index contributed by atoms with van der Waals surface area (Å²) in [4.78, 5) is 3.90. The van der Waals surface area contributed by atoms with E-state index in [1.54, 1.807) is 24.4 Å². The number of hydrogen-bond acceptors (Lipinski definition) is 5. The Labute approximate surface area is 157 Å². The molecule has 2 heterocycles. The fourth-order valence-corrected chi connectivity index (χ4v) is 3.63. The Morgan fingerprint density at radius 3 is 2.96 bits per heavy atom. The molecule has 6 nitrogen and oxygen atoms in total. The van der Waals surface area contributed by atoms with E-state index in [0.717, 1.165) is 10.9 Å². The average molecular weight is 378 g/mol. The number of nitrogens with zero attached hydrogens (tertiary/aromatic N) is 3. The van der Waals surface area contributed by atoms with Crippen LogP contribution in [0, 0.1) is 23.0 Å². The van der Waals surface area contributed by atoms with Crippen LogP contribution in [-0.2, 0) is 6.42 Å². The Morgan fingerprint density at radius 1 is 1.29 bits per heavy atom. The van der Waals surface area contributed by atoms with Gasteiger partial charge in [0.1, 0.15) is 40.8 Å². The van der Waals surface area contributed by atoms with Gasteiger partial charge < -0.3 is 9.15 Å². The molecule has 1 aliphatic rings. The number of aromatic nitrogens is 3.